The zero-order valence-electron chi connectivity index (χ0n) is 16.2. The van der Waals surface area contributed by atoms with Crippen LogP contribution in [-0.2, 0) is 6.54 Å². The number of Topliss-reactive ketones (excluding diaryl/α,β-unsaturated/α-hetero) is 1. The van der Waals surface area contributed by atoms with Gasteiger partial charge in [0.25, 0.3) is 0 Å². The van der Waals surface area contributed by atoms with E-state index in [1.807, 2.05) is 49.4 Å². The summed E-state index contributed by atoms with van der Waals surface area (Å²) >= 11 is 0. The van der Waals surface area contributed by atoms with Gasteiger partial charge in [0, 0.05) is 12.6 Å². The lowest BCUT2D eigenvalue weighted by Gasteiger charge is -2.37. The number of benzene rings is 2. The zero-order valence-corrected chi connectivity index (χ0v) is 16.2. The predicted molar refractivity (Wildman–Crippen MR) is 108 cm³/mol. The van der Waals surface area contributed by atoms with Crippen molar-refractivity contribution in [2.75, 3.05) is 6.73 Å². The summed E-state index contributed by atoms with van der Waals surface area (Å²) in [5.74, 6) is 1.92. The third kappa shape index (κ3) is 3.02. The van der Waals surface area contributed by atoms with Crippen LogP contribution in [0.25, 0.3) is 6.08 Å². The number of hydrogen-bond donors (Lipinski definition) is 0. The van der Waals surface area contributed by atoms with Gasteiger partial charge in [-0.15, -0.1) is 0 Å². The Bertz CT molecular complexity index is 942. The maximum absolute atomic E-state index is 13.0. The Balaban J connectivity index is 1.49. The van der Waals surface area contributed by atoms with Gasteiger partial charge in [0.05, 0.1) is 11.1 Å². The van der Waals surface area contributed by atoms with E-state index in [9.17, 15) is 4.79 Å². The first kappa shape index (κ1) is 17.5. The number of hydrogen-bond acceptors (Lipinski definition) is 4. The van der Waals surface area contributed by atoms with Crippen LogP contribution in [0.15, 0.2) is 42.2 Å². The third-order valence-corrected chi connectivity index (χ3v) is 6.14. The van der Waals surface area contributed by atoms with E-state index in [4.69, 9.17) is 9.47 Å². The first-order chi connectivity index (χ1) is 13.7. The Hall–Kier alpha value is -2.59. The lowest BCUT2D eigenvalue weighted by molar-refractivity contribution is 0.0393. The van der Waals surface area contributed by atoms with Crippen molar-refractivity contribution < 1.29 is 14.3 Å². The predicted octanol–water partition coefficient (Wildman–Crippen LogP) is 5.10. The number of nitrogens with zero attached hydrogens (tertiary/aromatic N) is 1. The topological polar surface area (TPSA) is 38.8 Å². The molecule has 0 unspecified atom stereocenters. The van der Waals surface area contributed by atoms with E-state index in [2.05, 4.69) is 4.90 Å². The molecule has 0 radical (unpaired) electrons. The molecule has 28 heavy (non-hydrogen) atoms. The molecule has 144 valence electrons. The van der Waals surface area contributed by atoms with Crippen LogP contribution < -0.4 is 9.47 Å². The highest BCUT2D eigenvalue weighted by Gasteiger charge is 2.36. The molecule has 2 heterocycles. The quantitative estimate of drug-likeness (QED) is 0.685. The highest BCUT2D eigenvalue weighted by atomic mass is 16.5. The molecule has 0 amide bonds. The largest absolute Gasteiger partial charge is 0.478 e. The third-order valence-electron chi connectivity index (χ3n) is 6.14. The van der Waals surface area contributed by atoms with E-state index in [1.165, 1.54) is 32.1 Å². The van der Waals surface area contributed by atoms with Crippen LogP contribution in [0, 0.1) is 6.92 Å². The fraction of sp³-hybridized carbons (Fsp3) is 0.375. The van der Waals surface area contributed by atoms with Gasteiger partial charge in [-0.25, -0.2) is 0 Å². The number of ketones is 1. The minimum atomic E-state index is -0.0334. The molecule has 4 nitrogen and oxygen atoms in total. The molecule has 4 heteroatoms. The molecule has 0 atom stereocenters. The van der Waals surface area contributed by atoms with Gasteiger partial charge < -0.3 is 9.47 Å². The maximum atomic E-state index is 13.0. The van der Waals surface area contributed by atoms with Crippen LogP contribution >= 0.6 is 0 Å². The molecule has 3 aliphatic rings. The van der Waals surface area contributed by atoms with E-state index < -0.39 is 0 Å². The van der Waals surface area contributed by atoms with Crippen molar-refractivity contribution in [2.24, 2.45) is 0 Å². The molecule has 1 aliphatic carbocycles. The Morgan fingerprint density at radius 1 is 1.11 bits per heavy atom. The van der Waals surface area contributed by atoms with Gasteiger partial charge in [0.15, 0.2) is 5.76 Å². The molecule has 0 aromatic heterocycles. The molecule has 0 bridgehead atoms. The van der Waals surface area contributed by atoms with E-state index in [1.54, 1.807) is 0 Å². The SMILES string of the molecule is Cc1cc2c(c3c1C(=O)/C(=C/c1ccccc1)O3)CN(C1CCCCC1)CO2. The summed E-state index contributed by atoms with van der Waals surface area (Å²) in [5, 5.41) is 0. The first-order valence-electron chi connectivity index (χ1n) is 10.2. The Labute approximate surface area is 165 Å². The summed E-state index contributed by atoms with van der Waals surface area (Å²) in [7, 11) is 0. The Morgan fingerprint density at radius 3 is 2.68 bits per heavy atom. The smallest absolute Gasteiger partial charge is 0.232 e. The van der Waals surface area contributed by atoms with E-state index in [0.29, 0.717) is 29.8 Å². The van der Waals surface area contributed by atoms with Crippen molar-refractivity contribution in [3.63, 3.8) is 0 Å². The molecule has 2 aliphatic heterocycles. The lowest BCUT2D eigenvalue weighted by Crippen LogP contribution is -2.41. The minimum Gasteiger partial charge on any atom is -0.478 e. The van der Waals surface area contributed by atoms with Gasteiger partial charge >= 0.3 is 0 Å². The number of aryl methyl sites for hydroxylation is 1. The summed E-state index contributed by atoms with van der Waals surface area (Å²) in [6.07, 6.45) is 8.20. The number of fused-ring (bicyclic) bond motifs is 3. The highest BCUT2D eigenvalue weighted by Crippen LogP contribution is 2.44. The van der Waals surface area contributed by atoms with Crippen LogP contribution in [0.5, 0.6) is 11.5 Å². The minimum absolute atomic E-state index is 0.0334. The fourth-order valence-corrected chi connectivity index (χ4v) is 4.63. The van der Waals surface area contributed by atoms with Crippen molar-refractivity contribution in [3.05, 3.63) is 64.4 Å². The number of carbonyl (C=O) groups excluding carboxylic acids is 1. The Morgan fingerprint density at radius 2 is 1.89 bits per heavy atom. The number of ether oxygens (including phenoxy) is 2. The second kappa shape index (κ2) is 7.10. The average Bonchev–Trinajstić information content (AvgIpc) is 3.06. The molecule has 0 spiro atoms. The highest BCUT2D eigenvalue weighted by molar-refractivity contribution is 6.15. The molecule has 1 saturated carbocycles. The molecule has 2 aromatic rings. The van der Waals surface area contributed by atoms with Gasteiger partial charge in [0.2, 0.25) is 5.78 Å². The second-order valence-corrected chi connectivity index (χ2v) is 8.04. The van der Waals surface area contributed by atoms with Crippen LogP contribution in [0.1, 0.15) is 59.2 Å². The molecule has 1 fully saturated rings. The van der Waals surface area contributed by atoms with Crippen LogP contribution in [0.2, 0.25) is 0 Å². The van der Waals surface area contributed by atoms with Crippen molar-refractivity contribution in [1.29, 1.82) is 0 Å². The molecular formula is C24H25NO3. The standard InChI is InChI=1S/C24H25NO3/c1-16-12-20-19(14-25(15-27-20)18-10-6-3-7-11-18)24-22(16)23(26)21(28-24)13-17-8-4-2-5-9-17/h2,4-5,8-9,12-13,18H,3,6-7,10-11,14-15H2,1H3/b21-13-. The van der Waals surface area contributed by atoms with Gasteiger partial charge in [-0.05, 0) is 43.0 Å². The summed E-state index contributed by atoms with van der Waals surface area (Å²) < 4.78 is 12.2. The lowest BCUT2D eigenvalue weighted by atomic mass is 9.93. The van der Waals surface area contributed by atoms with E-state index in [0.717, 1.165) is 29.0 Å². The number of rotatable bonds is 2. The average molecular weight is 375 g/mol. The molecule has 0 saturated heterocycles. The number of allylic oxidation sites excluding steroid dienone is 1. The van der Waals surface area contributed by atoms with Gasteiger partial charge in [-0.1, -0.05) is 49.6 Å². The van der Waals surface area contributed by atoms with Crippen molar-refractivity contribution in [1.82, 2.24) is 4.90 Å². The summed E-state index contributed by atoms with van der Waals surface area (Å²) in [5.41, 5.74) is 3.59. The molecule has 2 aromatic carbocycles. The normalized spacial score (nSPS) is 21.2. The summed E-state index contributed by atoms with van der Waals surface area (Å²) in [6.45, 7) is 3.37. The van der Waals surface area contributed by atoms with Crippen molar-refractivity contribution in [3.8, 4) is 11.5 Å². The van der Waals surface area contributed by atoms with Gasteiger partial charge in [-0.3, -0.25) is 9.69 Å². The second-order valence-electron chi connectivity index (χ2n) is 8.04. The van der Waals surface area contributed by atoms with Crippen LogP contribution in [-0.4, -0.2) is 23.5 Å². The summed E-state index contributed by atoms with van der Waals surface area (Å²) in [4.78, 5) is 15.4. The number of carbonyl (C=O) groups is 1. The van der Waals surface area contributed by atoms with E-state index >= 15 is 0 Å². The first-order valence-corrected chi connectivity index (χ1v) is 10.2. The van der Waals surface area contributed by atoms with E-state index in [-0.39, 0.29) is 5.78 Å². The molecule has 0 N–H and O–H groups in total. The van der Waals surface area contributed by atoms with Gasteiger partial charge in [0.1, 0.15) is 18.2 Å². The fourth-order valence-electron chi connectivity index (χ4n) is 4.63. The Kier molecular flexibility index (Phi) is 4.44. The monoisotopic (exact) mass is 375 g/mol. The van der Waals surface area contributed by atoms with Crippen molar-refractivity contribution in [2.45, 2.75) is 51.6 Å². The summed E-state index contributed by atoms with van der Waals surface area (Å²) in [6, 6.07) is 12.4. The zero-order chi connectivity index (χ0) is 19.1. The van der Waals surface area contributed by atoms with Crippen molar-refractivity contribution >= 4 is 11.9 Å². The maximum Gasteiger partial charge on any atom is 0.232 e. The van der Waals surface area contributed by atoms with Crippen LogP contribution in [0.3, 0.4) is 0 Å². The van der Waals surface area contributed by atoms with Crippen LogP contribution in [0.4, 0.5) is 0 Å². The molecule has 5 rings (SSSR count). The van der Waals surface area contributed by atoms with Gasteiger partial charge in [-0.2, -0.15) is 0 Å². The molecular weight excluding hydrogens is 350 g/mol.